The van der Waals surface area contributed by atoms with Gasteiger partial charge in [0.15, 0.2) is 0 Å². The van der Waals surface area contributed by atoms with Crippen molar-refractivity contribution in [2.45, 2.75) is 31.7 Å². The topological polar surface area (TPSA) is 23.6 Å². The molecule has 1 aromatic rings. The Morgan fingerprint density at radius 3 is 2.40 bits per heavy atom. The first-order valence-electron chi connectivity index (χ1n) is 7.05. The van der Waals surface area contributed by atoms with E-state index in [2.05, 4.69) is 34.9 Å². The van der Waals surface area contributed by atoms with E-state index in [-0.39, 0.29) is 11.4 Å². The molecule has 1 aliphatic carbocycles. The molecule has 0 aliphatic heterocycles. The van der Waals surface area contributed by atoms with Gasteiger partial charge in [-0.15, -0.1) is 0 Å². The van der Waals surface area contributed by atoms with Crippen LogP contribution in [0.4, 0.5) is 0 Å². The fraction of sp³-hybridized carbons (Fsp3) is 0.562. The van der Waals surface area contributed by atoms with Crippen LogP contribution in [0.15, 0.2) is 22.7 Å². The predicted molar refractivity (Wildman–Crippen MR) is 86.1 cm³/mol. The van der Waals surface area contributed by atoms with Gasteiger partial charge in [-0.05, 0) is 64.0 Å². The quantitative estimate of drug-likeness (QED) is 0.840. The predicted octanol–water partition coefficient (Wildman–Crippen LogP) is 3.31. The highest BCUT2D eigenvalue weighted by Gasteiger charge is 2.40. The normalized spacial score (nSPS) is 16.9. The third kappa shape index (κ3) is 2.91. The summed E-state index contributed by atoms with van der Waals surface area (Å²) in [4.78, 5) is 16.7. The molecule has 2 rings (SSSR count). The highest BCUT2D eigenvalue weighted by Crippen LogP contribution is 2.36. The summed E-state index contributed by atoms with van der Waals surface area (Å²) in [5.74, 6) is 0.105. The number of carbonyl (C=O) groups is 1. The SMILES string of the molecule is Cc1cc(C(=O)N(C)CC2(N(C)C)CCC2)ccc1Br. The van der Waals surface area contributed by atoms with Crippen LogP contribution in [-0.4, -0.2) is 48.9 Å². The molecule has 0 aromatic heterocycles. The van der Waals surface area contributed by atoms with Gasteiger partial charge in [-0.1, -0.05) is 15.9 Å². The fourth-order valence-electron chi connectivity index (χ4n) is 2.84. The van der Waals surface area contributed by atoms with Crippen molar-refractivity contribution in [1.29, 1.82) is 0 Å². The van der Waals surface area contributed by atoms with E-state index >= 15 is 0 Å². The first kappa shape index (κ1) is 15.5. The largest absolute Gasteiger partial charge is 0.340 e. The van der Waals surface area contributed by atoms with Gasteiger partial charge in [-0.25, -0.2) is 0 Å². The maximum absolute atomic E-state index is 12.5. The maximum Gasteiger partial charge on any atom is 0.253 e. The first-order chi connectivity index (χ1) is 9.35. The minimum Gasteiger partial charge on any atom is -0.340 e. The van der Waals surface area contributed by atoms with Crippen molar-refractivity contribution in [2.24, 2.45) is 0 Å². The van der Waals surface area contributed by atoms with Crippen LogP contribution in [0.2, 0.25) is 0 Å². The molecule has 1 amide bonds. The second kappa shape index (κ2) is 5.86. The Morgan fingerprint density at radius 1 is 1.30 bits per heavy atom. The van der Waals surface area contributed by atoms with Gasteiger partial charge in [0.1, 0.15) is 0 Å². The van der Waals surface area contributed by atoms with E-state index in [0.717, 1.165) is 22.1 Å². The number of likely N-dealkylation sites (N-methyl/N-ethyl adjacent to an activating group) is 2. The van der Waals surface area contributed by atoms with Crippen molar-refractivity contribution >= 4 is 21.8 Å². The molecule has 1 aliphatic rings. The molecule has 20 heavy (non-hydrogen) atoms. The lowest BCUT2D eigenvalue weighted by Gasteiger charge is -2.49. The smallest absolute Gasteiger partial charge is 0.253 e. The molecule has 1 aromatic carbocycles. The molecule has 0 radical (unpaired) electrons. The third-order valence-corrected chi connectivity index (χ3v) is 5.41. The molecule has 0 unspecified atom stereocenters. The molecule has 0 bridgehead atoms. The van der Waals surface area contributed by atoms with Gasteiger partial charge in [-0.3, -0.25) is 4.79 Å². The molecule has 3 nitrogen and oxygen atoms in total. The zero-order chi connectivity index (χ0) is 14.9. The van der Waals surface area contributed by atoms with Gasteiger partial charge in [0, 0.05) is 29.2 Å². The number of amides is 1. The van der Waals surface area contributed by atoms with E-state index in [9.17, 15) is 4.79 Å². The van der Waals surface area contributed by atoms with E-state index in [0.29, 0.717) is 0 Å². The monoisotopic (exact) mass is 338 g/mol. The number of benzene rings is 1. The number of hydrogen-bond acceptors (Lipinski definition) is 2. The number of carbonyl (C=O) groups excluding carboxylic acids is 1. The Kier molecular flexibility index (Phi) is 4.55. The average Bonchev–Trinajstić information content (AvgIpc) is 2.35. The van der Waals surface area contributed by atoms with Gasteiger partial charge in [-0.2, -0.15) is 0 Å². The molecule has 0 saturated heterocycles. The zero-order valence-corrected chi connectivity index (χ0v) is 14.3. The fourth-order valence-corrected chi connectivity index (χ4v) is 3.09. The first-order valence-corrected chi connectivity index (χ1v) is 7.84. The van der Waals surface area contributed by atoms with Crippen LogP contribution in [0.3, 0.4) is 0 Å². The lowest BCUT2D eigenvalue weighted by atomic mass is 9.75. The molecule has 1 saturated carbocycles. The zero-order valence-electron chi connectivity index (χ0n) is 12.7. The second-order valence-electron chi connectivity index (χ2n) is 6.10. The Morgan fingerprint density at radius 2 is 1.95 bits per heavy atom. The lowest BCUT2D eigenvalue weighted by Crippen LogP contribution is -2.57. The Bertz CT molecular complexity index is 509. The number of nitrogens with zero attached hydrogens (tertiary/aromatic N) is 2. The van der Waals surface area contributed by atoms with E-state index in [1.54, 1.807) is 0 Å². The van der Waals surface area contributed by atoms with Crippen LogP contribution in [0, 0.1) is 6.92 Å². The van der Waals surface area contributed by atoms with E-state index in [1.165, 1.54) is 19.3 Å². The van der Waals surface area contributed by atoms with Gasteiger partial charge in [0.2, 0.25) is 0 Å². The second-order valence-corrected chi connectivity index (χ2v) is 6.95. The molecule has 110 valence electrons. The maximum atomic E-state index is 12.5. The Hall–Kier alpha value is -0.870. The molecular formula is C16H23BrN2O. The van der Waals surface area contributed by atoms with Gasteiger partial charge < -0.3 is 9.80 Å². The van der Waals surface area contributed by atoms with Gasteiger partial charge in [0.05, 0.1) is 0 Å². The average molecular weight is 339 g/mol. The Balaban J connectivity index is 2.10. The third-order valence-electron chi connectivity index (χ3n) is 4.52. The highest BCUT2D eigenvalue weighted by molar-refractivity contribution is 9.10. The Labute approximate surface area is 130 Å². The van der Waals surface area contributed by atoms with Crippen LogP contribution in [-0.2, 0) is 0 Å². The molecule has 0 N–H and O–H groups in total. The van der Waals surface area contributed by atoms with E-state index in [4.69, 9.17) is 0 Å². The van der Waals surface area contributed by atoms with Crippen LogP contribution in [0.1, 0.15) is 35.2 Å². The van der Waals surface area contributed by atoms with E-state index in [1.807, 2.05) is 37.1 Å². The van der Waals surface area contributed by atoms with Crippen molar-refractivity contribution in [3.05, 3.63) is 33.8 Å². The van der Waals surface area contributed by atoms with Crippen molar-refractivity contribution < 1.29 is 4.79 Å². The van der Waals surface area contributed by atoms with Crippen LogP contribution < -0.4 is 0 Å². The summed E-state index contributed by atoms with van der Waals surface area (Å²) < 4.78 is 1.04. The summed E-state index contributed by atoms with van der Waals surface area (Å²) in [6.45, 7) is 2.81. The molecular weight excluding hydrogens is 316 g/mol. The summed E-state index contributed by atoms with van der Waals surface area (Å²) in [5, 5.41) is 0. The van der Waals surface area contributed by atoms with Gasteiger partial charge in [0.25, 0.3) is 5.91 Å². The summed E-state index contributed by atoms with van der Waals surface area (Å²) in [6, 6.07) is 5.78. The summed E-state index contributed by atoms with van der Waals surface area (Å²) in [6.07, 6.45) is 3.62. The molecule has 0 heterocycles. The molecule has 0 spiro atoms. The van der Waals surface area contributed by atoms with Crippen molar-refractivity contribution in [3.63, 3.8) is 0 Å². The van der Waals surface area contributed by atoms with Crippen molar-refractivity contribution in [2.75, 3.05) is 27.7 Å². The molecule has 0 atom stereocenters. The number of halogens is 1. The minimum absolute atomic E-state index is 0.105. The van der Waals surface area contributed by atoms with Crippen LogP contribution >= 0.6 is 15.9 Å². The molecule has 4 heteroatoms. The van der Waals surface area contributed by atoms with E-state index < -0.39 is 0 Å². The summed E-state index contributed by atoms with van der Waals surface area (Å²) in [7, 11) is 6.13. The minimum atomic E-state index is 0.105. The standard InChI is InChI=1S/C16H23BrN2O/c1-12-10-13(6-7-14(12)17)15(20)19(4)11-16(18(2)3)8-5-9-16/h6-7,10H,5,8-9,11H2,1-4H3. The van der Waals surface area contributed by atoms with Crippen LogP contribution in [0.5, 0.6) is 0 Å². The van der Waals surface area contributed by atoms with Crippen molar-refractivity contribution in [3.8, 4) is 0 Å². The van der Waals surface area contributed by atoms with Crippen LogP contribution in [0.25, 0.3) is 0 Å². The highest BCUT2D eigenvalue weighted by atomic mass is 79.9. The summed E-state index contributed by atoms with van der Waals surface area (Å²) in [5.41, 5.74) is 2.03. The number of rotatable bonds is 4. The lowest BCUT2D eigenvalue weighted by molar-refractivity contribution is 0.0252. The van der Waals surface area contributed by atoms with Gasteiger partial charge >= 0.3 is 0 Å². The number of aryl methyl sites for hydroxylation is 1. The number of hydrogen-bond donors (Lipinski definition) is 0. The van der Waals surface area contributed by atoms with Crippen molar-refractivity contribution in [1.82, 2.24) is 9.80 Å². The molecule has 1 fully saturated rings. The summed E-state index contributed by atoms with van der Waals surface area (Å²) >= 11 is 3.47.